The highest BCUT2D eigenvalue weighted by Gasteiger charge is 2.42. The normalized spacial score (nSPS) is 22.0. The average Bonchev–Trinajstić information content (AvgIpc) is 3.13. The average molecular weight is 415 g/mol. The van der Waals surface area contributed by atoms with Gasteiger partial charge < -0.3 is 20.1 Å². The lowest BCUT2D eigenvalue weighted by Crippen LogP contribution is -2.50. The summed E-state index contributed by atoms with van der Waals surface area (Å²) in [4.78, 5) is 11.3. The molecule has 0 radical (unpaired) electrons. The van der Waals surface area contributed by atoms with Crippen molar-refractivity contribution in [2.75, 3.05) is 7.11 Å². The number of methoxy groups -OCH3 is 1. The van der Waals surface area contributed by atoms with Crippen LogP contribution in [0.1, 0.15) is 77.6 Å². The van der Waals surface area contributed by atoms with Gasteiger partial charge in [0.25, 0.3) is 5.79 Å². The van der Waals surface area contributed by atoms with Gasteiger partial charge in [-0.25, -0.2) is 9.18 Å². The van der Waals surface area contributed by atoms with Crippen LogP contribution in [0.15, 0.2) is 24.6 Å². The smallest absolute Gasteiger partial charge is 0.369 e. The highest BCUT2D eigenvalue weighted by Crippen LogP contribution is 2.37. The third kappa shape index (κ3) is 8.57. The molecule has 3 N–H and O–H groups in total. The summed E-state index contributed by atoms with van der Waals surface area (Å²) in [6.45, 7) is 5.59. The van der Waals surface area contributed by atoms with Crippen molar-refractivity contribution in [3.05, 3.63) is 24.6 Å². The molecule has 1 saturated carbocycles. The minimum atomic E-state index is -2.86. The van der Waals surface area contributed by atoms with Crippen molar-refractivity contribution >= 4 is 5.97 Å². The molecule has 1 aliphatic carbocycles. The van der Waals surface area contributed by atoms with Crippen molar-refractivity contribution in [3.63, 3.8) is 0 Å². The maximum absolute atomic E-state index is 13.6. The second-order valence-electron chi connectivity index (χ2n) is 8.32. The van der Waals surface area contributed by atoms with Crippen molar-refractivity contribution in [1.82, 2.24) is 0 Å². The van der Waals surface area contributed by atoms with Gasteiger partial charge in [0.1, 0.15) is 6.10 Å². The molecular weight excluding hydrogens is 375 g/mol. The molecule has 6 heteroatoms. The number of carbonyl (C=O) groups is 1. The van der Waals surface area contributed by atoms with Gasteiger partial charge in [0.2, 0.25) is 0 Å². The number of allylic oxidation sites excluding steroid dienone is 3. The van der Waals surface area contributed by atoms with Gasteiger partial charge in [0.15, 0.2) is 0 Å². The fourth-order valence-corrected chi connectivity index (χ4v) is 4.18. The Hall–Kier alpha value is -1.24. The van der Waals surface area contributed by atoms with E-state index < -0.39 is 17.9 Å². The summed E-state index contributed by atoms with van der Waals surface area (Å²) in [5.74, 6) is -3.37. The summed E-state index contributed by atoms with van der Waals surface area (Å²) in [5.41, 5.74) is 0. The first-order valence-corrected chi connectivity index (χ1v) is 11.0. The Bertz CT molecular complexity index is 531. The molecular formula is C23H39FO5. The van der Waals surface area contributed by atoms with Crippen LogP contribution in [0.4, 0.5) is 4.39 Å². The number of hydrogen-bond acceptors (Lipinski definition) is 5. The molecule has 0 aromatic heterocycles. The molecule has 0 heterocycles. The molecule has 0 aromatic rings. The van der Waals surface area contributed by atoms with Gasteiger partial charge in [-0.05, 0) is 50.4 Å². The maximum atomic E-state index is 13.6. The minimum absolute atomic E-state index is 0.0837. The van der Waals surface area contributed by atoms with Gasteiger partial charge >= 0.3 is 5.97 Å². The molecule has 5 nitrogen and oxygen atoms in total. The fraction of sp³-hybridized carbons (Fsp3) is 0.783. The Labute approximate surface area is 174 Å². The van der Waals surface area contributed by atoms with Crippen molar-refractivity contribution in [2.45, 2.75) is 89.4 Å². The summed E-state index contributed by atoms with van der Waals surface area (Å²) in [6.07, 6.45) is 12.4. The van der Waals surface area contributed by atoms with Crippen LogP contribution in [-0.2, 0) is 9.53 Å². The summed E-state index contributed by atoms with van der Waals surface area (Å²) in [7, 11) is 1.04. The Morgan fingerprint density at radius 1 is 1.28 bits per heavy atom. The highest BCUT2D eigenvalue weighted by molar-refractivity contribution is 5.77. The second kappa shape index (κ2) is 13.1. The molecule has 0 amide bonds. The van der Waals surface area contributed by atoms with Gasteiger partial charge in [-0.3, -0.25) is 0 Å². The molecule has 0 saturated heterocycles. The molecule has 29 heavy (non-hydrogen) atoms. The number of ether oxygens (including phenoxy) is 1. The molecule has 0 bridgehead atoms. The second-order valence-corrected chi connectivity index (χ2v) is 8.32. The first-order chi connectivity index (χ1) is 13.7. The molecule has 1 rings (SSSR count). The molecule has 4 atom stereocenters. The molecule has 1 aliphatic rings. The largest absolute Gasteiger partial charge is 0.465 e. The zero-order valence-corrected chi connectivity index (χ0v) is 18.0. The Balaban J connectivity index is 2.39. The Kier molecular flexibility index (Phi) is 11.7. The topological polar surface area (TPSA) is 87.0 Å². The first kappa shape index (κ1) is 25.8. The molecule has 0 spiro atoms. The van der Waals surface area contributed by atoms with Crippen LogP contribution in [0.3, 0.4) is 0 Å². The predicted octanol–water partition coefficient (Wildman–Crippen LogP) is 4.41. The fourth-order valence-electron chi connectivity index (χ4n) is 4.18. The number of aliphatic hydroxyl groups excluding tert-OH is 1. The van der Waals surface area contributed by atoms with Crippen LogP contribution in [0.5, 0.6) is 0 Å². The van der Waals surface area contributed by atoms with Crippen molar-refractivity contribution in [2.24, 2.45) is 17.8 Å². The molecule has 168 valence electrons. The van der Waals surface area contributed by atoms with Crippen LogP contribution in [0, 0.1) is 17.8 Å². The summed E-state index contributed by atoms with van der Waals surface area (Å²) in [6, 6.07) is 0. The summed E-state index contributed by atoms with van der Waals surface area (Å²) < 4.78 is 17.9. The van der Waals surface area contributed by atoms with Crippen molar-refractivity contribution in [3.8, 4) is 0 Å². The van der Waals surface area contributed by atoms with Crippen molar-refractivity contribution in [1.29, 1.82) is 0 Å². The third-order valence-electron chi connectivity index (χ3n) is 6.12. The number of esters is 1. The first-order valence-electron chi connectivity index (χ1n) is 11.0. The number of aliphatic hydroxyl groups is 3. The van der Waals surface area contributed by atoms with E-state index >= 15 is 0 Å². The van der Waals surface area contributed by atoms with E-state index in [1.807, 2.05) is 0 Å². The van der Waals surface area contributed by atoms with E-state index in [0.717, 1.165) is 52.1 Å². The van der Waals surface area contributed by atoms with Gasteiger partial charge in [0, 0.05) is 5.92 Å². The van der Waals surface area contributed by atoms with E-state index in [1.54, 1.807) is 0 Å². The van der Waals surface area contributed by atoms with Gasteiger partial charge in [-0.2, -0.15) is 0 Å². The third-order valence-corrected chi connectivity index (χ3v) is 6.12. The monoisotopic (exact) mass is 414 g/mol. The lowest BCUT2D eigenvalue weighted by Gasteiger charge is -2.24. The summed E-state index contributed by atoms with van der Waals surface area (Å²) in [5, 5.41) is 29.1. The van der Waals surface area contributed by atoms with E-state index in [9.17, 15) is 24.5 Å². The van der Waals surface area contributed by atoms with Crippen LogP contribution >= 0.6 is 0 Å². The number of carbonyl (C=O) groups excluding carboxylic acids is 1. The SMILES string of the molecule is C=C(F)[C@@H](CC=C[C@H]1CCC[C@@H]1CCCCC(O)C(O)(O)C(=O)OC)CCCC. The van der Waals surface area contributed by atoms with E-state index in [-0.39, 0.29) is 18.2 Å². The standard InChI is InChI=1S/C23H39FO5/c1-4-5-10-18(17(2)24)12-8-13-20-15-9-14-19(20)11-6-7-16-21(25)23(27,28)22(26)29-3/h8,13,18-21,25,27-28H,2,4-7,9-12,14-16H2,1,3H3/t18-,19+,20+,21?/m1/s1. The lowest BCUT2D eigenvalue weighted by atomic mass is 9.89. The zero-order chi connectivity index (χ0) is 21.9. The Morgan fingerprint density at radius 2 is 2.00 bits per heavy atom. The number of unbranched alkanes of at least 4 members (excludes halogenated alkanes) is 2. The predicted molar refractivity (Wildman–Crippen MR) is 112 cm³/mol. The number of halogens is 1. The summed E-state index contributed by atoms with van der Waals surface area (Å²) >= 11 is 0. The van der Waals surface area contributed by atoms with Gasteiger partial charge in [-0.1, -0.05) is 57.8 Å². The van der Waals surface area contributed by atoms with Crippen LogP contribution in [-0.4, -0.2) is 40.3 Å². The molecule has 1 unspecified atom stereocenters. The zero-order valence-electron chi connectivity index (χ0n) is 18.0. The molecule has 0 aromatic carbocycles. The van der Waals surface area contributed by atoms with E-state index in [0.29, 0.717) is 24.7 Å². The number of rotatable bonds is 14. The van der Waals surface area contributed by atoms with Crippen LogP contribution in [0.2, 0.25) is 0 Å². The minimum Gasteiger partial charge on any atom is -0.465 e. The van der Waals surface area contributed by atoms with Crippen LogP contribution < -0.4 is 0 Å². The number of hydrogen-bond donors (Lipinski definition) is 3. The van der Waals surface area contributed by atoms with Crippen LogP contribution in [0.25, 0.3) is 0 Å². The van der Waals surface area contributed by atoms with Crippen molar-refractivity contribution < 1.29 is 29.2 Å². The molecule has 1 fully saturated rings. The van der Waals surface area contributed by atoms with Gasteiger partial charge in [0.05, 0.1) is 12.9 Å². The van der Waals surface area contributed by atoms with E-state index in [4.69, 9.17) is 0 Å². The lowest BCUT2D eigenvalue weighted by molar-refractivity contribution is -0.239. The molecule has 0 aliphatic heterocycles. The highest BCUT2D eigenvalue weighted by atomic mass is 19.1. The quantitative estimate of drug-likeness (QED) is 0.170. The van der Waals surface area contributed by atoms with Gasteiger partial charge in [-0.15, -0.1) is 0 Å². The Morgan fingerprint density at radius 3 is 2.62 bits per heavy atom. The maximum Gasteiger partial charge on any atom is 0.369 e. The van der Waals surface area contributed by atoms with E-state index in [1.165, 1.54) is 6.42 Å². The van der Waals surface area contributed by atoms with E-state index in [2.05, 4.69) is 30.4 Å².